The number of rotatable bonds is 8. The first-order valence-corrected chi connectivity index (χ1v) is 9.04. The molecule has 0 bridgehead atoms. The maximum atomic E-state index is 6.30. The van der Waals surface area contributed by atoms with E-state index in [4.69, 9.17) is 5.73 Å². The number of pyridine rings is 1. The van der Waals surface area contributed by atoms with E-state index in [1.165, 1.54) is 11.3 Å². The Morgan fingerprint density at radius 2 is 2.08 bits per heavy atom. The third kappa shape index (κ3) is 4.55. The van der Waals surface area contributed by atoms with Gasteiger partial charge in [0.1, 0.15) is 0 Å². The van der Waals surface area contributed by atoms with Crippen molar-refractivity contribution in [1.82, 2.24) is 15.3 Å². The lowest BCUT2D eigenvalue weighted by molar-refractivity contribution is 0.795. The molecule has 0 aromatic carbocycles. The van der Waals surface area contributed by atoms with Gasteiger partial charge in [-0.05, 0) is 69.7 Å². The number of anilines is 2. The fourth-order valence-corrected chi connectivity index (χ4v) is 3.07. The van der Waals surface area contributed by atoms with E-state index in [-0.39, 0.29) is 0 Å². The fourth-order valence-electron chi connectivity index (χ4n) is 3.07. The molecule has 26 heavy (non-hydrogen) atoms. The average Bonchev–Trinajstić information content (AvgIpc) is 2.94. The summed E-state index contributed by atoms with van der Waals surface area (Å²) in [7, 11) is 1.95. The van der Waals surface area contributed by atoms with Crippen molar-refractivity contribution >= 4 is 17.6 Å². The van der Waals surface area contributed by atoms with Crippen LogP contribution in [0.15, 0.2) is 30.4 Å². The van der Waals surface area contributed by atoms with Gasteiger partial charge < -0.3 is 20.9 Å². The molecular formula is C21H31N5. The van der Waals surface area contributed by atoms with Crippen molar-refractivity contribution in [2.75, 3.05) is 30.8 Å². The topological polar surface area (TPSA) is 70.0 Å². The van der Waals surface area contributed by atoms with E-state index < -0.39 is 0 Å². The minimum atomic E-state index is 0.714. The van der Waals surface area contributed by atoms with Gasteiger partial charge in [-0.2, -0.15) is 0 Å². The molecule has 0 spiro atoms. The molecule has 5 nitrogen and oxygen atoms in total. The Labute approximate surface area is 157 Å². The lowest BCUT2D eigenvalue weighted by Crippen LogP contribution is -2.27. The van der Waals surface area contributed by atoms with Gasteiger partial charge in [-0.3, -0.25) is 0 Å². The maximum absolute atomic E-state index is 6.30. The van der Waals surface area contributed by atoms with Crippen molar-refractivity contribution in [2.24, 2.45) is 0 Å². The zero-order valence-electron chi connectivity index (χ0n) is 16.6. The Kier molecular flexibility index (Phi) is 6.64. The lowest BCUT2D eigenvalue weighted by atomic mass is 10.1. The van der Waals surface area contributed by atoms with E-state index in [2.05, 4.69) is 52.8 Å². The number of nitrogens with one attached hydrogen (secondary N) is 2. The van der Waals surface area contributed by atoms with Crippen LogP contribution in [0.25, 0.3) is 6.08 Å². The summed E-state index contributed by atoms with van der Waals surface area (Å²) >= 11 is 0. The van der Waals surface area contributed by atoms with Gasteiger partial charge in [-0.15, -0.1) is 0 Å². The summed E-state index contributed by atoms with van der Waals surface area (Å²) in [6.07, 6.45) is 4.09. The van der Waals surface area contributed by atoms with Crippen molar-refractivity contribution in [3.8, 4) is 0 Å². The van der Waals surface area contributed by atoms with Crippen molar-refractivity contribution in [1.29, 1.82) is 0 Å². The van der Waals surface area contributed by atoms with Crippen LogP contribution in [0.2, 0.25) is 0 Å². The van der Waals surface area contributed by atoms with Gasteiger partial charge in [0, 0.05) is 36.7 Å². The van der Waals surface area contributed by atoms with Gasteiger partial charge in [0.05, 0.1) is 5.69 Å². The van der Waals surface area contributed by atoms with E-state index in [1.54, 1.807) is 0 Å². The summed E-state index contributed by atoms with van der Waals surface area (Å²) in [4.78, 5) is 10.3. The molecule has 0 aliphatic rings. The highest BCUT2D eigenvalue weighted by atomic mass is 15.2. The highest BCUT2D eigenvalue weighted by molar-refractivity contribution is 5.69. The van der Waals surface area contributed by atoms with Crippen LogP contribution in [0.5, 0.6) is 0 Å². The maximum Gasteiger partial charge on any atom is 0.152 e. The Hall–Kier alpha value is -2.53. The molecule has 0 aliphatic heterocycles. The molecule has 2 aromatic rings. The number of nitrogens with two attached hydrogens (primary N) is 1. The molecular weight excluding hydrogens is 322 g/mol. The molecule has 5 heteroatoms. The number of hydrogen-bond acceptors (Lipinski definition) is 4. The third-order valence-corrected chi connectivity index (χ3v) is 4.51. The van der Waals surface area contributed by atoms with Crippen LogP contribution in [0.3, 0.4) is 0 Å². The molecule has 0 saturated heterocycles. The first-order valence-electron chi connectivity index (χ1n) is 9.04. The second-order valence-electron chi connectivity index (χ2n) is 6.66. The molecule has 0 saturated carbocycles. The Morgan fingerprint density at radius 3 is 2.69 bits per heavy atom. The molecule has 2 heterocycles. The van der Waals surface area contributed by atoms with Crippen LogP contribution in [0.4, 0.5) is 11.5 Å². The van der Waals surface area contributed by atoms with Crippen molar-refractivity contribution in [3.05, 3.63) is 58.6 Å². The number of aromatic nitrogens is 2. The number of nitrogens with zero attached hydrogens (tertiary/aromatic N) is 2. The molecule has 0 radical (unpaired) electrons. The molecule has 0 fully saturated rings. The first-order chi connectivity index (χ1) is 12.4. The summed E-state index contributed by atoms with van der Waals surface area (Å²) in [6, 6.07) is 4.19. The van der Waals surface area contributed by atoms with Gasteiger partial charge in [-0.1, -0.05) is 12.7 Å². The predicted molar refractivity (Wildman–Crippen MR) is 112 cm³/mol. The standard InChI is InChI=1S/C21H31N5/c1-7-17(10-18-11-19(12-23-6)25-16(18)5)13-26(8-2)21-20(22)14(3)9-15(4)24-21/h7,9-11,23,25H,1,8,12-13,22H2,2-6H3/b17-10+. The highest BCUT2D eigenvalue weighted by Gasteiger charge is 2.14. The van der Waals surface area contributed by atoms with Gasteiger partial charge in [0.25, 0.3) is 0 Å². The summed E-state index contributed by atoms with van der Waals surface area (Å²) in [5.41, 5.74) is 13.7. The highest BCUT2D eigenvalue weighted by Crippen LogP contribution is 2.26. The van der Waals surface area contributed by atoms with Gasteiger partial charge in [-0.25, -0.2) is 4.98 Å². The number of nitrogen functional groups attached to an aromatic ring is 1. The van der Waals surface area contributed by atoms with Gasteiger partial charge in [0.2, 0.25) is 0 Å². The molecule has 0 unspecified atom stereocenters. The van der Waals surface area contributed by atoms with Gasteiger partial charge >= 0.3 is 0 Å². The molecule has 2 rings (SSSR count). The number of aryl methyl sites for hydroxylation is 3. The second-order valence-corrected chi connectivity index (χ2v) is 6.66. The van der Waals surface area contributed by atoms with Crippen LogP contribution < -0.4 is 16.0 Å². The van der Waals surface area contributed by atoms with Crippen LogP contribution >= 0.6 is 0 Å². The predicted octanol–water partition coefficient (Wildman–Crippen LogP) is 3.73. The molecule has 0 amide bonds. The molecule has 0 atom stereocenters. The number of aromatic amines is 1. The first kappa shape index (κ1) is 19.8. The zero-order chi connectivity index (χ0) is 19.3. The summed E-state index contributed by atoms with van der Waals surface area (Å²) in [6.45, 7) is 14.6. The quantitative estimate of drug-likeness (QED) is 0.633. The van der Waals surface area contributed by atoms with Crippen molar-refractivity contribution < 1.29 is 0 Å². The minimum Gasteiger partial charge on any atom is -0.396 e. The average molecular weight is 354 g/mol. The van der Waals surface area contributed by atoms with E-state index in [0.717, 1.165) is 47.1 Å². The van der Waals surface area contributed by atoms with E-state index in [1.807, 2.05) is 33.0 Å². The van der Waals surface area contributed by atoms with Crippen LogP contribution in [-0.2, 0) is 6.54 Å². The summed E-state index contributed by atoms with van der Waals surface area (Å²) in [5, 5.41) is 3.17. The molecule has 0 aliphatic carbocycles. The fraction of sp³-hybridized carbons (Fsp3) is 0.381. The zero-order valence-corrected chi connectivity index (χ0v) is 16.6. The smallest absolute Gasteiger partial charge is 0.152 e. The van der Waals surface area contributed by atoms with Gasteiger partial charge in [0.15, 0.2) is 5.82 Å². The molecule has 4 N–H and O–H groups in total. The second kappa shape index (κ2) is 8.72. The van der Waals surface area contributed by atoms with Crippen LogP contribution in [0.1, 0.15) is 35.1 Å². The third-order valence-electron chi connectivity index (χ3n) is 4.51. The van der Waals surface area contributed by atoms with E-state index >= 15 is 0 Å². The van der Waals surface area contributed by atoms with E-state index in [9.17, 15) is 0 Å². The summed E-state index contributed by atoms with van der Waals surface area (Å²) in [5.74, 6) is 0.847. The van der Waals surface area contributed by atoms with E-state index in [0.29, 0.717) is 6.54 Å². The monoisotopic (exact) mass is 353 g/mol. The van der Waals surface area contributed by atoms with Crippen molar-refractivity contribution in [2.45, 2.75) is 34.2 Å². The molecule has 140 valence electrons. The lowest BCUT2D eigenvalue weighted by Gasteiger charge is -2.25. The van der Waals surface area contributed by atoms with Crippen LogP contribution in [-0.4, -0.2) is 30.1 Å². The number of H-pyrrole nitrogens is 1. The van der Waals surface area contributed by atoms with Crippen molar-refractivity contribution in [3.63, 3.8) is 0 Å². The Bertz CT molecular complexity index is 801. The Balaban J connectivity index is 2.31. The minimum absolute atomic E-state index is 0.714. The number of likely N-dealkylation sites (N-methyl/N-ethyl adjacent to an activating group) is 1. The largest absolute Gasteiger partial charge is 0.396 e. The van der Waals surface area contributed by atoms with Crippen LogP contribution in [0, 0.1) is 20.8 Å². The Morgan fingerprint density at radius 1 is 1.35 bits per heavy atom. The SMILES string of the molecule is C=C/C(=C\c1cc(CNC)[nH]c1C)CN(CC)c1nc(C)cc(C)c1N. The molecule has 2 aromatic heterocycles. The summed E-state index contributed by atoms with van der Waals surface area (Å²) < 4.78 is 0. The number of hydrogen-bond donors (Lipinski definition) is 3. The normalized spacial score (nSPS) is 11.7.